The lowest BCUT2D eigenvalue weighted by atomic mass is 10.1. The van der Waals surface area contributed by atoms with Crippen molar-refractivity contribution in [3.05, 3.63) is 0 Å². The first-order valence-corrected chi connectivity index (χ1v) is 5.51. The van der Waals surface area contributed by atoms with Gasteiger partial charge in [-0.15, -0.1) is 0 Å². The zero-order valence-corrected chi connectivity index (χ0v) is 8.46. The van der Waals surface area contributed by atoms with Gasteiger partial charge in [-0.1, -0.05) is 25.7 Å². The van der Waals surface area contributed by atoms with E-state index in [1.165, 1.54) is 38.5 Å². The molecule has 1 aliphatic heterocycles. The first-order chi connectivity index (χ1) is 6.38. The van der Waals surface area contributed by atoms with E-state index >= 15 is 0 Å². The molecule has 0 aromatic carbocycles. The first-order valence-electron chi connectivity index (χ1n) is 5.51. The molecule has 2 fully saturated rings. The third-order valence-electron chi connectivity index (χ3n) is 3.26. The number of hydroxylamine groups is 1. The predicted octanol–water partition coefficient (Wildman–Crippen LogP) is 1.85. The zero-order chi connectivity index (χ0) is 9.10. The van der Waals surface area contributed by atoms with Gasteiger partial charge in [0.05, 0.1) is 6.17 Å². The van der Waals surface area contributed by atoms with Gasteiger partial charge in [-0.05, 0) is 19.8 Å². The van der Waals surface area contributed by atoms with Crippen LogP contribution in [0, 0.1) is 0 Å². The van der Waals surface area contributed by atoms with E-state index in [1.807, 2.05) is 0 Å². The molecule has 2 rings (SSSR count). The molecule has 0 spiro atoms. The summed E-state index contributed by atoms with van der Waals surface area (Å²) in [5, 5.41) is 0. The lowest BCUT2D eigenvalue weighted by Gasteiger charge is -2.27. The van der Waals surface area contributed by atoms with Crippen LogP contribution < -0.4 is 5.48 Å². The van der Waals surface area contributed by atoms with E-state index in [-0.39, 0.29) is 0 Å². The summed E-state index contributed by atoms with van der Waals surface area (Å²) in [6, 6.07) is 0.757. The monoisotopic (exact) mass is 184 g/mol. The number of hydrogen-bond donors (Lipinski definition) is 1. The second-order valence-corrected chi connectivity index (χ2v) is 4.23. The molecule has 3 nitrogen and oxygen atoms in total. The molecule has 76 valence electrons. The fourth-order valence-corrected chi connectivity index (χ4v) is 2.42. The van der Waals surface area contributed by atoms with E-state index in [1.54, 1.807) is 0 Å². The number of rotatable bonds is 1. The Morgan fingerprint density at radius 3 is 2.38 bits per heavy atom. The quantitative estimate of drug-likeness (QED) is 0.629. The molecular weight excluding hydrogens is 164 g/mol. The van der Waals surface area contributed by atoms with Crippen LogP contribution in [0.1, 0.15) is 45.4 Å². The minimum Gasteiger partial charge on any atom is -0.284 e. The van der Waals surface area contributed by atoms with Gasteiger partial charge in [0.1, 0.15) is 6.73 Å². The van der Waals surface area contributed by atoms with Crippen molar-refractivity contribution in [1.29, 1.82) is 0 Å². The Morgan fingerprint density at radius 2 is 1.85 bits per heavy atom. The van der Waals surface area contributed by atoms with Crippen molar-refractivity contribution in [2.24, 2.45) is 0 Å². The molecule has 0 aromatic heterocycles. The van der Waals surface area contributed by atoms with Gasteiger partial charge in [0.15, 0.2) is 0 Å². The van der Waals surface area contributed by atoms with Crippen molar-refractivity contribution in [3.63, 3.8) is 0 Å². The van der Waals surface area contributed by atoms with Crippen LogP contribution in [0.25, 0.3) is 0 Å². The van der Waals surface area contributed by atoms with Gasteiger partial charge < -0.3 is 0 Å². The minimum atomic E-state index is 0.406. The molecule has 1 unspecified atom stereocenters. The SMILES string of the molecule is CC1NOCN1C1CCCCCC1. The Balaban J connectivity index is 1.89. The molecule has 2 aliphatic rings. The summed E-state index contributed by atoms with van der Waals surface area (Å²) in [6.07, 6.45) is 8.76. The van der Waals surface area contributed by atoms with Gasteiger partial charge in [-0.2, -0.15) is 5.48 Å². The maximum absolute atomic E-state index is 5.24. The van der Waals surface area contributed by atoms with Crippen molar-refractivity contribution in [2.75, 3.05) is 6.73 Å². The third-order valence-corrected chi connectivity index (χ3v) is 3.26. The van der Waals surface area contributed by atoms with Crippen LogP contribution >= 0.6 is 0 Å². The van der Waals surface area contributed by atoms with Crippen LogP contribution in [0.4, 0.5) is 0 Å². The summed E-state index contributed by atoms with van der Waals surface area (Å²) in [5.74, 6) is 0. The molecule has 1 saturated heterocycles. The standard InChI is InChI=1S/C10H20N2O/c1-9-11-13-8-12(9)10-6-4-2-3-5-7-10/h9-11H,2-8H2,1H3. The zero-order valence-electron chi connectivity index (χ0n) is 8.46. The number of nitrogens with zero attached hydrogens (tertiary/aromatic N) is 1. The largest absolute Gasteiger partial charge is 0.284 e. The fourth-order valence-electron chi connectivity index (χ4n) is 2.42. The molecule has 0 amide bonds. The van der Waals surface area contributed by atoms with Gasteiger partial charge in [-0.25, -0.2) is 0 Å². The fraction of sp³-hybridized carbons (Fsp3) is 1.00. The minimum absolute atomic E-state index is 0.406. The van der Waals surface area contributed by atoms with E-state index in [4.69, 9.17) is 4.84 Å². The number of nitrogens with one attached hydrogen (secondary N) is 1. The molecule has 0 bridgehead atoms. The predicted molar refractivity (Wildman–Crippen MR) is 51.9 cm³/mol. The van der Waals surface area contributed by atoms with Crippen LogP contribution in [0.3, 0.4) is 0 Å². The maximum atomic E-state index is 5.24. The normalized spacial score (nSPS) is 33.5. The Labute approximate surface area is 80.4 Å². The number of hydrogen-bond acceptors (Lipinski definition) is 3. The van der Waals surface area contributed by atoms with Gasteiger partial charge in [0.25, 0.3) is 0 Å². The van der Waals surface area contributed by atoms with Crippen molar-refractivity contribution >= 4 is 0 Å². The third kappa shape index (κ3) is 2.22. The van der Waals surface area contributed by atoms with Gasteiger partial charge >= 0.3 is 0 Å². The van der Waals surface area contributed by atoms with E-state index < -0.39 is 0 Å². The Kier molecular flexibility index (Phi) is 3.19. The van der Waals surface area contributed by atoms with E-state index in [2.05, 4.69) is 17.3 Å². The molecular formula is C10H20N2O. The second kappa shape index (κ2) is 4.40. The molecule has 0 radical (unpaired) electrons. The Hall–Kier alpha value is -0.120. The lowest BCUT2D eigenvalue weighted by Crippen LogP contribution is -2.40. The van der Waals surface area contributed by atoms with Crippen LogP contribution in [0.2, 0.25) is 0 Å². The summed E-state index contributed by atoms with van der Waals surface area (Å²) in [5.41, 5.74) is 3.01. The topological polar surface area (TPSA) is 24.5 Å². The Bertz CT molecular complexity index is 155. The van der Waals surface area contributed by atoms with Crippen molar-refractivity contribution < 1.29 is 4.84 Å². The highest BCUT2D eigenvalue weighted by atomic mass is 16.7. The smallest absolute Gasteiger partial charge is 0.122 e. The van der Waals surface area contributed by atoms with Crippen LogP contribution in [-0.4, -0.2) is 23.8 Å². The summed E-state index contributed by atoms with van der Waals surface area (Å²) >= 11 is 0. The summed E-state index contributed by atoms with van der Waals surface area (Å²) in [4.78, 5) is 7.69. The lowest BCUT2D eigenvalue weighted by molar-refractivity contribution is 0.0655. The molecule has 1 atom stereocenters. The van der Waals surface area contributed by atoms with Crippen LogP contribution in [0.15, 0.2) is 0 Å². The van der Waals surface area contributed by atoms with Crippen LogP contribution in [0.5, 0.6) is 0 Å². The van der Waals surface area contributed by atoms with E-state index in [0.29, 0.717) is 6.17 Å². The van der Waals surface area contributed by atoms with Gasteiger partial charge in [0, 0.05) is 6.04 Å². The van der Waals surface area contributed by atoms with Crippen LogP contribution in [-0.2, 0) is 4.84 Å². The molecule has 1 aliphatic carbocycles. The average molecular weight is 184 g/mol. The van der Waals surface area contributed by atoms with Gasteiger partial charge in [0.2, 0.25) is 0 Å². The molecule has 0 aromatic rings. The molecule has 13 heavy (non-hydrogen) atoms. The van der Waals surface area contributed by atoms with Gasteiger partial charge in [-0.3, -0.25) is 9.74 Å². The van der Waals surface area contributed by atoms with E-state index in [0.717, 1.165) is 12.8 Å². The summed E-state index contributed by atoms with van der Waals surface area (Å²) in [7, 11) is 0. The summed E-state index contributed by atoms with van der Waals surface area (Å²) < 4.78 is 0. The molecule has 1 N–H and O–H groups in total. The second-order valence-electron chi connectivity index (χ2n) is 4.23. The molecule has 1 heterocycles. The van der Waals surface area contributed by atoms with E-state index in [9.17, 15) is 0 Å². The average Bonchev–Trinajstić information content (AvgIpc) is 2.43. The molecule has 3 heteroatoms. The highest BCUT2D eigenvalue weighted by Crippen LogP contribution is 2.24. The van der Waals surface area contributed by atoms with Crippen molar-refractivity contribution in [2.45, 2.75) is 57.7 Å². The highest BCUT2D eigenvalue weighted by Gasteiger charge is 2.28. The highest BCUT2D eigenvalue weighted by molar-refractivity contribution is 4.77. The van der Waals surface area contributed by atoms with Crippen molar-refractivity contribution in [1.82, 2.24) is 10.4 Å². The Morgan fingerprint density at radius 1 is 1.15 bits per heavy atom. The van der Waals surface area contributed by atoms with Crippen molar-refractivity contribution in [3.8, 4) is 0 Å². The first kappa shape index (κ1) is 9.44. The summed E-state index contributed by atoms with van der Waals surface area (Å²) in [6.45, 7) is 2.95. The molecule has 1 saturated carbocycles. The maximum Gasteiger partial charge on any atom is 0.122 e.